The van der Waals surface area contributed by atoms with Gasteiger partial charge in [-0.3, -0.25) is 0 Å². The van der Waals surface area contributed by atoms with Crippen LogP contribution in [0.1, 0.15) is 56.2 Å². The lowest BCUT2D eigenvalue weighted by Crippen LogP contribution is -2.36. The number of alkyl carbamates (subject to hydrolysis) is 1. The molecule has 0 spiro atoms. The minimum atomic E-state index is -1.08. The van der Waals surface area contributed by atoms with Gasteiger partial charge in [-0.15, -0.1) is 11.3 Å². The second-order valence-electron chi connectivity index (χ2n) is 5.74. The summed E-state index contributed by atoms with van der Waals surface area (Å²) in [6.45, 7) is 9.18. The molecule has 0 aliphatic heterocycles. The van der Waals surface area contributed by atoms with E-state index < -0.39 is 17.7 Å². The number of ether oxygens (including phenoxy) is 1. The number of carbonyl (C=O) groups excluding carboxylic acids is 1. The van der Waals surface area contributed by atoms with E-state index in [-0.39, 0.29) is 17.7 Å². The molecule has 1 aromatic rings. The number of rotatable bonds is 4. The van der Waals surface area contributed by atoms with Crippen LogP contribution < -0.4 is 5.32 Å². The maximum atomic E-state index is 11.8. The summed E-state index contributed by atoms with van der Waals surface area (Å²) < 4.78 is 5.20. The van der Waals surface area contributed by atoms with Crippen molar-refractivity contribution in [3.8, 4) is 0 Å². The highest BCUT2D eigenvalue weighted by Gasteiger charge is 2.25. The predicted octanol–water partition coefficient (Wildman–Crippen LogP) is 3.06. The van der Waals surface area contributed by atoms with E-state index in [1.165, 1.54) is 16.7 Å². The molecule has 0 aromatic carbocycles. The lowest BCUT2D eigenvalue weighted by Gasteiger charge is -2.24. The van der Waals surface area contributed by atoms with Gasteiger partial charge in [-0.25, -0.2) is 14.6 Å². The average Bonchev–Trinajstić information content (AvgIpc) is 2.71. The highest BCUT2D eigenvalue weighted by molar-refractivity contribution is 7.09. The Balaban J connectivity index is 2.84. The number of carboxylic acids is 1. The second-order valence-corrected chi connectivity index (χ2v) is 6.63. The van der Waals surface area contributed by atoms with Crippen molar-refractivity contribution in [3.63, 3.8) is 0 Å². The minimum Gasteiger partial charge on any atom is -0.476 e. The van der Waals surface area contributed by atoms with E-state index in [2.05, 4.69) is 10.3 Å². The molecule has 0 saturated heterocycles. The molecular formula is C13H20N2O4S. The van der Waals surface area contributed by atoms with E-state index >= 15 is 0 Å². The van der Waals surface area contributed by atoms with Crippen molar-refractivity contribution in [2.24, 2.45) is 5.92 Å². The Kier molecular flexibility index (Phi) is 5.10. The minimum absolute atomic E-state index is 0.0124. The largest absolute Gasteiger partial charge is 0.476 e. The summed E-state index contributed by atoms with van der Waals surface area (Å²) in [5.41, 5.74) is -0.595. The Hall–Kier alpha value is -1.63. The molecule has 1 heterocycles. The predicted molar refractivity (Wildman–Crippen MR) is 76.0 cm³/mol. The number of carboxylic acid groups (broad SMARTS) is 1. The second kappa shape index (κ2) is 6.21. The van der Waals surface area contributed by atoms with Gasteiger partial charge in [0.05, 0.1) is 6.04 Å². The normalized spacial score (nSPS) is 13.1. The van der Waals surface area contributed by atoms with Gasteiger partial charge in [-0.1, -0.05) is 13.8 Å². The van der Waals surface area contributed by atoms with Crippen LogP contribution in [-0.2, 0) is 4.74 Å². The van der Waals surface area contributed by atoms with Crippen LogP contribution in [0.4, 0.5) is 4.79 Å². The Morgan fingerprint density at radius 1 is 1.40 bits per heavy atom. The lowest BCUT2D eigenvalue weighted by atomic mass is 10.1. The Morgan fingerprint density at radius 3 is 2.40 bits per heavy atom. The van der Waals surface area contributed by atoms with E-state index in [0.29, 0.717) is 5.01 Å². The third-order valence-corrected chi connectivity index (χ3v) is 3.27. The summed E-state index contributed by atoms with van der Waals surface area (Å²) >= 11 is 1.21. The Morgan fingerprint density at radius 2 is 2.00 bits per heavy atom. The van der Waals surface area contributed by atoms with E-state index in [1.807, 2.05) is 13.8 Å². The van der Waals surface area contributed by atoms with Crippen molar-refractivity contribution in [3.05, 3.63) is 16.1 Å². The topological polar surface area (TPSA) is 88.5 Å². The summed E-state index contributed by atoms with van der Waals surface area (Å²) in [5.74, 6) is -1.01. The standard InChI is InChI=1S/C13H20N2O4S/c1-7(2)9(15-12(18)19-13(3,4)5)10-14-8(6-20-10)11(16)17/h6-7,9H,1-5H3,(H,15,18)(H,16,17)/t9-/m0/s1. The van der Waals surface area contributed by atoms with E-state index in [1.54, 1.807) is 20.8 Å². The molecule has 2 N–H and O–H groups in total. The molecule has 6 nitrogen and oxygen atoms in total. The van der Waals surface area contributed by atoms with E-state index in [9.17, 15) is 9.59 Å². The molecule has 1 rings (SSSR count). The first kappa shape index (κ1) is 16.4. The van der Waals surface area contributed by atoms with Gasteiger partial charge < -0.3 is 15.2 Å². The number of hydrogen-bond donors (Lipinski definition) is 2. The average molecular weight is 300 g/mol. The van der Waals surface area contributed by atoms with Gasteiger partial charge in [0, 0.05) is 5.38 Å². The van der Waals surface area contributed by atoms with Crippen molar-refractivity contribution >= 4 is 23.4 Å². The molecule has 1 aromatic heterocycles. The number of nitrogens with zero attached hydrogens (tertiary/aromatic N) is 1. The summed E-state index contributed by atoms with van der Waals surface area (Å²) in [7, 11) is 0. The van der Waals surface area contributed by atoms with Crippen LogP contribution in [-0.4, -0.2) is 27.8 Å². The number of aromatic carboxylic acids is 1. The molecule has 0 aliphatic carbocycles. The molecule has 0 aliphatic rings. The molecule has 0 bridgehead atoms. The number of amides is 1. The molecule has 0 fully saturated rings. The van der Waals surface area contributed by atoms with Crippen LogP contribution in [0, 0.1) is 5.92 Å². The molecule has 0 unspecified atom stereocenters. The Bertz CT molecular complexity index is 491. The lowest BCUT2D eigenvalue weighted by molar-refractivity contribution is 0.0489. The van der Waals surface area contributed by atoms with Gasteiger partial charge in [0.2, 0.25) is 0 Å². The molecule has 20 heavy (non-hydrogen) atoms. The van der Waals surface area contributed by atoms with Crippen molar-refractivity contribution < 1.29 is 19.4 Å². The van der Waals surface area contributed by atoms with Gasteiger partial charge >= 0.3 is 12.1 Å². The molecule has 7 heteroatoms. The third-order valence-electron chi connectivity index (χ3n) is 2.35. The fraction of sp³-hybridized carbons (Fsp3) is 0.615. The van der Waals surface area contributed by atoms with E-state index in [4.69, 9.17) is 9.84 Å². The van der Waals surface area contributed by atoms with Gasteiger partial charge in [0.25, 0.3) is 0 Å². The molecule has 0 saturated carbocycles. The zero-order valence-electron chi connectivity index (χ0n) is 12.3. The maximum absolute atomic E-state index is 11.8. The molecule has 1 atom stereocenters. The number of nitrogens with one attached hydrogen (secondary N) is 1. The van der Waals surface area contributed by atoms with Crippen molar-refractivity contribution in [2.45, 2.75) is 46.3 Å². The number of hydrogen-bond acceptors (Lipinski definition) is 5. The van der Waals surface area contributed by atoms with E-state index in [0.717, 1.165) is 0 Å². The van der Waals surface area contributed by atoms with Gasteiger partial charge in [-0.2, -0.15) is 0 Å². The van der Waals surface area contributed by atoms with Crippen LogP contribution in [0.5, 0.6) is 0 Å². The SMILES string of the molecule is CC(C)[C@H](NC(=O)OC(C)(C)C)c1nc(C(=O)O)cs1. The first-order valence-electron chi connectivity index (χ1n) is 6.28. The van der Waals surface area contributed by atoms with Gasteiger partial charge in [0.1, 0.15) is 10.6 Å². The number of carbonyl (C=O) groups is 2. The zero-order valence-corrected chi connectivity index (χ0v) is 13.1. The van der Waals surface area contributed by atoms with Crippen LogP contribution in [0.2, 0.25) is 0 Å². The molecule has 112 valence electrons. The van der Waals surface area contributed by atoms with Crippen LogP contribution in [0.15, 0.2) is 5.38 Å². The zero-order chi connectivity index (χ0) is 15.5. The highest BCUT2D eigenvalue weighted by Crippen LogP contribution is 2.25. The molecular weight excluding hydrogens is 280 g/mol. The van der Waals surface area contributed by atoms with Crippen LogP contribution >= 0.6 is 11.3 Å². The maximum Gasteiger partial charge on any atom is 0.408 e. The highest BCUT2D eigenvalue weighted by atomic mass is 32.1. The first-order valence-corrected chi connectivity index (χ1v) is 7.16. The smallest absolute Gasteiger partial charge is 0.408 e. The molecule has 1 amide bonds. The van der Waals surface area contributed by atoms with Crippen molar-refractivity contribution in [1.29, 1.82) is 0 Å². The summed E-state index contributed by atoms with van der Waals surface area (Å²) in [6.07, 6.45) is -0.539. The van der Waals surface area contributed by atoms with Crippen molar-refractivity contribution in [2.75, 3.05) is 0 Å². The summed E-state index contributed by atoms with van der Waals surface area (Å²) in [5, 5.41) is 13.6. The van der Waals surface area contributed by atoms with Gasteiger partial charge in [0.15, 0.2) is 5.69 Å². The number of thiazole rings is 1. The first-order chi connectivity index (χ1) is 9.10. The summed E-state index contributed by atoms with van der Waals surface area (Å²) in [6, 6.07) is -0.372. The Labute approximate surface area is 122 Å². The fourth-order valence-corrected chi connectivity index (χ4v) is 2.49. The van der Waals surface area contributed by atoms with Gasteiger partial charge in [-0.05, 0) is 26.7 Å². The molecule has 0 radical (unpaired) electrons. The quantitative estimate of drug-likeness (QED) is 0.892. The number of aromatic nitrogens is 1. The summed E-state index contributed by atoms with van der Waals surface area (Å²) in [4.78, 5) is 26.7. The monoisotopic (exact) mass is 300 g/mol. The third kappa shape index (κ3) is 4.80. The van der Waals surface area contributed by atoms with Crippen LogP contribution in [0.25, 0.3) is 0 Å². The van der Waals surface area contributed by atoms with Crippen LogP contribution in [0.3, 0.4) is 0 Å². The fourth-order valence-electron chi connectivity index (χ4n) is 1.48. The van der Waals surface area contributed by atoms with Crippen molar-refractivity contribution in [1.82, 2.24) is 10.3 Å².